The van der Waals surface area contributed by atoms with Gasteiger partial charge in [-0.3, -0.25) is 0 Å². The summed E-state index contributed by atoms with van der Waals surface area (Å²) < 4.78 is 0. The molecule has 84 valence electrons. The smallest absolute Gasteiger partial charge is 0.0171 e. The number of hydrogen-bond donors (Lipinski definition) is 2. The van der Waals surface area contributed by atoms with E-state index in [1.165, 1.54) is 32.1 Å². The molecule has 2 nitrogen and oxygen atoms in total. The van der Waals surface area contributed by atoms with Gasteiger partial charge in [-0.15, -0.1) is 0 Å². The van der Waals surface area contributed by atoms with Crippen molar-refractivity contribution in [1.82, 2.24) is 0 Å². The molecule has 1 aliphatic carbocycles. The Hall–Kier alpha value is -0.0800. The van der Waals surface area contributed by atoms with Crippen molar-refractivity contribution in [2.75, 3.05) is 0 Å². The van der Waals surface area contributed by atoms with E-state index < -0.39 is 0 Å². The minimum atomic E-state index is -0.175. The van der Waals surface area contributed by atoms with Gasteiger partial charge in [0, 0.05) is 16.5 Å². The van der Waals surface area contributed by atoms with Crippen molar-refractivity contribution >= 4 is 0 Å². The van der Waals surface area contributed by atoms with Crippen LogP contribution in [-0.4, -0.2) is 11.1 Å². The van der Waals surface area contributed by atoms with E-state index in [-0.39, 0.29) is 16.5 Å². The van der Waals surface area contributed by atoms with Crippen molar-refractivity contribution in [3.05, 3.63) is 0 Å². The summed E-state index contributed by atoms with van der Waals surface area (Å²) >= 11 is 0. The Morgan fingerprint density at radius 3 is 1.36 bits per heavy atom. The van der Waals surface area contributed by atoms with Gasteiger partial charge in [0.25, 0.3) is 0 Å². The molecule has 2 heteroatoms. The molecule has 0 saturated heterocycles. The van der Waals surface area contributed by atoms with Gasteiger partial charge in [0.05, 0.1) is 0 Å². The molecule has 0 unspecified atom stereocenters. The normalized spacial score (nSPS) is 23.6. The number of nitrogens with two attached hydrogens (primary N) is 2. The van der Waals surface area contributed by atoms with E-state index in [2.05, 4.69) is 27.7 Å². The van der Waals surface area contributed by atoms with E-state index in [1.807, 2.05) is 0 Å². The monoisotopic (exact) mass is 198 g/mol. The van der Waals surface area contributed by atoms with E-state index in [1.54, 1.807) is 0 Å². The highest BCUT2D eigenvalue weighted by atomic mass is 14.9. The van der Waals surface area contributed by atoms with Gasteiger partial charge in [-0.2, -0.15) is 0 Å². The van der Waals surface area contributed by atoms with Crippen LogP contribution in [0.15, 0.2) is 0 Å². The average molecular weight is 198 g/mol. The van der Waals surface area contributed by atoms with Crippen molar-refractivity contribution < 1.29 is 0 Å². The third-order valence-corrected chi connectivity index (χ3v) is 4.17. The molecular formula is C12H26N2. The molecule has 1 rings (SSSR count). The lowest BCUT2D eigenvalue weighted by Gasteiger charge is -2.55. The lowest BCUT2D eigenvalue weighted by molar-refractivity contribution is 0.0163. The summed E-state index contributed by atoms with van der Waals surface area (Å²) in [6, 6.07) is 0. The van der Waals surface area contributed by atoms with Crippen molar-refractivity contribution in [3.63, 3.8) is 0 Å². The van der Waals surface area contributed by atoms with Crippen molar-refractivity contribution in [2.45, 2.75) is 70.9 Å². The molecule has 0 radical (unpaired) electrons. The standard InChI is InChI=1S/C12H26N2/c1-10(2,13)12(11(3,4)14)8-6-5-7-9-12/h5-9,13-14H2,1-4H3. The van der Waals surface area contributed by atoms with Gasteiger partial charge in [-0.1, -0.05) is 19.3 Å². The quantitative estimate of drug-likeness (QED) is 0.716. The van der Waals surface area contributed by atoms with Crippen LogP contribution in [0.25, 0.3) is 0 Å². The number of hydrogen-bond acceptors (Lipinski definition) is 2. The van der Waals surface area contributed by atoms with E-state index in [0.29, 0.717) is 0 Å². The second-order valence-corrected chi connectivity index (χ2v) is 6.09. The summed E-state index contributed by atoms with van der Waals surface area (Å²) in [7, 11) is 0. The highest BCUT2D eigenvalue weighted by Crippen LogP contribution is 2.49. The zero-order valence-corrected chi connectivity index (χ0v) is 10.2. The molecule has 4 N–H and O–H groups in total. The topological polar surface area (TPSA) is 52.0 Å². The SMILES string of the molecule is CC(C)(N)C1(C(C)(C)N)CCCCC1. The summed E-state index contributed by atoms with van der Waals surface area (Å²) in [5.41, 5.74) is 12.5. The zero-order valence-electron chi connectivity index (χ0n) is 10.2. The first-order chi connectivity index (χ1) is 6.21. The Morgan fingerprint density at radius 1 is 0.786 bits per heavy atom. The largest absolute Gasteiger partial charge is 0.325 e. The summed E-state index contributed by atoms with van der Waals surface area (Å²) in [5.74, 6) is 0. The van der Waals surface area contributed by atoms with Crippen LogP contribution in [0.1, 0.15) is 59.8 Å². The maximum atomic E-state index is 6.35. The first-order valence-electron chi connectivity index (χ1n) is 5.78. The van der Waals surface area contributed by atoms with Gasteiger partial charge < -0.3 is 11.5 Å². The first-order valence-corrected chi connectivity index (χ1v) is 5.78. The minimum Gasteiger partial charge on any atom is -0.325 e. The van der Waals surface area contributed by atoms with Crippen LogP contribution >= 0.6 is 0 Å². The third kappa shape index (κ3) is 1.82. The highest BCUT2D eigenvalue weighted by Gasteiger charge is 2.51. The summed E-state index contributed by atoms with van der Waals surface area (Å²) in [6.07, 6.45) is 6.26. The molecule has 0 heterocycles. The molecule has 1 aliphatic rings. The van der Waals surface area contributed by atoms with Crippen molar-refractivity contribution in [2.24, 2.45) is 16.9 Å². The Kier molecular flexibility index (Phi) is 2.99. The molecule has 0 aromatic carbocycles. The van der Waals surface area contributed by atoms with Crippen molar-refractivity contribution in [3.8, 4) is 0 Å². The van der Waals surface area contributed by atoms with Crippen molar-refractivity contribution in [1.29, 1.82) is 0 Å². The fourth-order valence-electron chi connectivity index (χ4n) is 3.27. The predicted octanol–water partition coefficient (Wildman–Crippen LogP) is 2.41. The molecular weight excluding hydrogens is 172 g/mol. The lowest BCUT2D eigenvalue weighted by atomic mass is 9.54. The molecule has 0 spiro atoms. The zero-order chi connectivity index (χ0) is 11.0. The Bertz CT molecular complexity index is 173. The van der Waals surface area contributed by atoms with Gasteiger partial charge >= 0.3 is 0 Å². The van der Waals surface area contributed by atoms with Crippen LogP contribution in [0, 0.1) is 5.41 Å². The molecule has 0 amide bonds. The molecule has 1 fully saturated rings. The Morgan fingerprint density at radius 2 is 1.14 bits per heavy atom. The maximum Gasteiger partial charge on any atom is 0.0171 e. The predicted molar refractivity (Wildman–Crippen MR) is 62.1 cm³/mol. The highest BCUT2D eigenvalue weighted by molar-refractivity contribution is 5.08. The maximum absolute atomic E-state index is 6.35. The van der Waals surface area contributed by atoms with Gasteiger partial charge in [-0.05, 0) is 40.5 Å². The second kappa shape index (κ2) is 3.49. The average Bonchev–Trinajstić information content (AvgIpc) is 2.02. The van der Waals surface area contributed by atoms with E-state index in [4.69, 9.17) is 11.5 Å². The van der Waals surface area contributed by atoms with Crippen LogP contribution in [0.2, 0.25) is 0 Å². The molecule has 0 atom stereocenters. The van der Waals surface area contributed by atoms with E-state index in [0.717, 1.165) is 0 Å². The van der Waals surface area contributed by atoms with Gasteiger partial charge in [0.15, 0.2) is 0 Å². The molecule has 0 bridgehead atoms. The summed E-state index contributed by atoms with van der Waals surface area (Å²) in [4.78, 5) is 0. The van der Waals surface area contributed by atoms with Gasteiger partial charge in [0.1, 0.15) is 0 Å². The fourth-order valence-corrected chi connectivity index (χ4v) is 3.27. The van der Waals surface area contributed by atoms with E-state index >= 15 is 0 Å². The van der Waals surface area contributed by atoms with Gasteiger partial charge in [0.2, 0.25) is 0 Å². The van der Waals surface area contributed by atoms with Crippen LogP contribution in [-0.2, 0) is 0 Å². The van der Waals surface area contributed by atoms with Gasteiger partial charge in [-0.25, -0.2) is 0 Å². The van der Waals surface area contributed by atoms with Crippen LogP contribution in [0.4, 0.5) is 0 Å². The van der Waals surface area contributed by atoms with Crippen LogP contribution < -0.4 is 11.5 Å². The third-order valence-electron chi connectivity index (χ3n) is 4.17. The van der Waals surface area contributed by atoms with Crippen LogP contribution in [0.5, 0.6) is 0 Å². The Labute approximate surface area is 88.4 Å². The summed E-state index contributed by atoms with van der Waals surface area (Å²) in [5, 5.41) is 0. The molecule has 1 saturated carbocycles. The minimum absolute atomic E-state index is 0.109. The molecule has 14 heavy (non-hydrogen) atoms. The fraction of sp³-hybridized carbons (Fsp3) is 1.00. The molecule has 0 aliphatic heterocycles. The van der Waals surface area contributed by atoms with E-state index in [9.17, 15) is 0 Å². The first kappa shape index (κ1) is 12.0. The summed E-state index contributed by atoms with van der Waals surface area (Å²) in [6.45, 7) is 8.53. The molecule has 0 aromatic rings. The van der Waals surface area contributed by atoms with Crippen LogP contribution in [0.3, 0.4) is 0 Å². The molecule has 0 aromatic heterocycles. The lowest BCUT2D eigenvalue weighted by Crippen LogP contribution is -2.65. The second-order valence-electron chi connectivity index (χ2n) is 6.09. The Balaban J connectivity index is 3.01. The number of rotatable bonds is 2.